The summed E-state index contributed by atoms with van der Waals surface area (Å²) in [6.45, 7) is 8.67. The minimum atomic E-state index is 0.419. The minimum Gasteiger partial charge on any atom is -0.329 e. The number of rotatable bonds is 6. The molecule has 3 rings (SSSR count). The van der Waals surface area contributed by atoms with Gasteiger partial charge in [-0.1, -0.05) is 12.1 Å². The smallest absolute Gasteiger partial charge is 0.0476 e. The van der Waals surface area contributed by atoms with Crippen LogP contribution in [0.2, 0.25) is 0 Å². The molecule has 1 atom stereocenters. The highest BCUT2D eigenvalue weighted by Crippen LogP contribution is 2.40. The van der Waals surface area contributed by atoms with Crippen molar-refractivity contribution < 1.29 is 0 Å². The van der Waals surface area contributed by atoms with Gasteiger partial charge in [0.25, 0.3) is 0 Å². The van der Waals surface area contributed by atoms with Crippen molar-refractivity contribution in [1.29, 1.82) is 0 Å². The third-order valence-electron chi connectivity index (χ3n) is 5.05. The lowest BCUT2D eigenvalue weighted by molar-refractivity contribution is 0.182. The Bertz CT molecular complexity index is 486. The van der Waals surface area contributed by atoms with Gasteiger partial charge in [-0.25, -0.2) is 0 Å². The van der Waals surface area contributed by atoms with Gasteiger partial charge in [0, 0.05) is 25.2 Å². The fraction of sp³-hybridized carbons (Fsp3) is 0.667. The van der Waals surface area contributed by atoms with Gasteiger partial charge in [0.2, 0.25) is 0 Å². The topological polar surface area (TPSA) is 29.3 Å². The van der Waals surface area contributed by atoms with Crippen LogP contribution in [0.5, 0.6) is 0 Å². The molecule has 2 N–H and O–H groups in total. The van der Waals surface area contributed by atoms with Crippen molar-refractivity contribution in [1.82, 2.24) is 4.90 Å². The van der Waals surface area contributed by atoms with Gasteiger partial charge < -0.3 is 5.73 Å². The number of hydrogen-bond donors (Lipinski definition) is 1. The second kappa shape index (κ2) is 5.50. The average molecular weight is 272 g/mol. The fourth-order valence-electron chi connectivity index (χ4n) is 3.32. The Morgan fingerprint density at radius 2 is 1.70 bits per heavy atom. The van der Waals surface area contributed by atoms with Crippen molar-refractivity contribution in [3.8, 4) is 0 Å². The van der Waals surface area contributed by atoms with Gasteiger partial charge in [-0.3, -0.25) is 4.90 Å². The summed E-state index contributed by atoms with van der Waals surface area (Å²) >= 11 is 0. The van der Waals surface area contributed by atoms with Crippen LogP contribution in [-0.2, 0) is 0 Å². The zero-order valence-electron chi connectivity index (χ0n) is 13.2. The van der Waals surface area contributed by atoms with Crippen molar-refractivity contribution in [2.45, 2.75) is 58.5 Å². The minimum absolute atomic E-state index is 0.419. The lowest BCUT2D eigenvalue weighted by Gasteiger charge is -2.33. The Hall–Kier alpha value is -0.860. The third-order valence-corrected chi connectivity index (χ3v) is 5.05. The maximum Gasteiger partial charge on any atom is 0.0476 e. The molecule has 2 fully saturated rings. The second-order valence-corrected chi connectivity index (χ2v) is 6.92. The first-order valence-corrected chi connectivity index (χ1v) is 8.13. The van der Waals surface area contributed by atoms with E-state index < -0.39 is 0 Å². The van der Waals surface area contributed by atoms with Crippen LogP contribution in [0.25, 0.3) is 0 Å². The molecule has 2 aliphatic rings. The molecule has 0 bridgehead atoms. The molecular weight excluding hydrogens is 244 g/mol. The van der Waals surface area contributed by atoms with Crippen molar-refractivity contribution in [2.24, 2.45) is 11.7 Å². The van der Waals surface area contributed by atoms with Crippen molar-refractivity contribution in [3.63, 3.8) is 0 Å². The van der Waals surface area contributed by atoms with E-state index in [0.717, 1.165) is 18.5 Å². The molecule has 110 valence electrons. The number of hydrogen-bond acceptors (Lipinski definition) is 2. The number of nitrogens with two attached hydrogens (primary N) is 1. The number of benzene rings is 1. The molecule has 1 unspecified atom stereocenters. The standard InChI is InChI=1S/C18H28N2/c1-12-8-14(3)17(9-13(12)2)18(10-19)20(16-6-7-16)11-15-4-5-15/h8-9,15-16,18H,4-7,10-11,19H2,1-3H3. The van der Waals surface area contributed by atoms with Crippen LogP contribution < -0.4 is 5.73 Å². The van der Waals surface area contributed by atoms with Crippen LogP contribution in [0.15, 0.2) is 12.1 Å². The molecule has 0 radical (unpaired) electrons. The molecule has 1 aromatic carbocycles. The lowest BCUT2D eigenvalue weighted by Crippen LogP contribution is -2.37. The molecule has 0 spiro atoms. The molecular formula is C18H28N2. The zero-order valence-corrected chi connectivity index (χ0v) is 13.2. The van der Waals surface area contributed by atoms with Crippen LogP contribution in [-0.4, -0.2) is 24.0 Å². The maximum absolute atomic E-state index is 6.18. The highest BCUT2D eigenvalue weighted by atomic mass is 15.2. The average Bonchev–Trinajstić information content (AvgIpc) is 3.26. The van der Waals surface area contributed by atoms with E-state index in [-0.39, 0.29) is 0 Å². The van der Waals surface area contributed by atoms with E-state index in [2.05, 4.69) is 37.8 Å². The van der Waals surface area contributed by atoms with Gasteiger partial charge >= 0.3 is 0 Å². The summed E-state index contributed by atoms with van der Waals surface area (Å²) in [5.74, 6) is 0.941. The van der Waals surface area contributed by atoms with E-state index in [1.165, 1.54) is 54.5 Å². The first-order valence-electron chi connectivity index (χ1n) is 8.13. The first-order chi connectivity index (χ1) is 9.60. The fourth-order valence-corrected chi connectivity index (χ4v) is 3.32. The summed E-state index contributed by atoms with van der Waals surface area (Å²) in [5, 5.41) is 0. The predicted octanol–water partition coefficient (Wildman–Crippen LogP) is 3.49. The molecule has 2 nitrogen and oxygen atoms in total. The van der Waals surface area contributed by atoms with E-state index >= 15 is 0 Å². The Labute approximate surface area is 123 Å². The Kier molecular flexibility index (Phi) is 3.87. The number of aryl methyl sites for hydroxylation is 3. The van der Waals surface area contributed by atoms with Crippen molar-refractivity contribution in [2.75, 3.05) is 13.1 Å². The van der Waals surface area contributed by atoms with E-state index in [1.807, 2.05) is 0 Å². The van der Waals surface area contributed by atoms with Gasteiger partial charge in [0.05, 0.1) is 0 Å². The monoisotopic (exact) mass is 272 g/mol. The number of nitrogens with zero attached hydrogens (tertiary/aromatic N) is 1. The summed E-state index contributed by atoms with van der Waals surface area (Å²) in [4.78, 5) is 2.72. The summed E-state index contributed by atoms with van der Waals surface area (Å²) < 4.78 is 0. The zero-order chi connectivity index (χ0) is 14.3. The van der Waals surface area contributed by atoms with Gasteiger partial charge in [0.15, 0.2) is 0 Å². The summed E-state index contributed by atoms with van der Waals surface area (Å²) in [6, 6.07) is 5.92. The van der Waals surface area contributed by atoms with E-state index in [4.69, 9.17) is 5.73 Å². The van der Waals surface area contributed by atoms with E-state index in [9.17, 15) is 0 Å². The molecule has 2 aliphatic carbocycles. The first kappa shape index (κ1) is 14.1. The molecule has 0 saturated heterocycles. The Morgan fingerprint density at radius 1 is 1.05 bits per heavy atom. The van der Waals surface area contributed by atoms with Crippen LogP contribution >= 0.6 is 0 Å². The summed E-state index contributed by atoms with van der Waals surface area (Å²) in [5.41, 5.74) is 11.8. The Balaban J connectivity index is 1.88. The van der Waals surface area contributed by atoms with Crippen molar-refractivity contribution in [3.05, 3.63) is 34.4 Å². The quantitative estimate of drug-likeness (QED) is 0.859. The molecule has 2 heteroatoms. The van der Waals surface area contributed by atoms with Crippen LogP contribution in [0.3, 0.4) is 0 Å². The summed E-state index contributed by atoms with van der Waals surface area (Å²) in [7, 11) is 0. The van der Waals surface area contributed by atoms with Gasteiger partial charge in [-0.15, -0.1) is 0 Å². The normalized spacial score (nSPS) is 20.4. The van der Waals surface area contributed by atoms with Crippen LogP contribution in [0, 0.1) is 26.7 Å². The molecule has 20 heavy (non-hydrogen) atoms. The summed E-state index contributed by atoms with van der Waals surface area (Å²) in [6.07, 6.45) is 5.58. The Morgan fingerprint density at radius 3 is 2.25 bits per heavy atom. The van der Waals surface area contributed by atoms with Crippen LogP contribution in [0.4, 0.5) is 0 Å². The van der Waals surface area contributed by atoms with Crippen LogP contribution in [0.1, 0.15) is 54.0 Å². The molecule has 1 aromatic rings. The maximum atomic E-state index is 6.18. The van der Waals surface area contributed by atoms with E-state index in [1.54, 1.807) is 0 Å². The molecule has 0 heterocycles. The predicted molar refractivity (Wildman–Crippen MR) is 84.9 cm³/mol. The van der Waals surface area contributed by atoms with E-state index in [0.29, 0.717) is 6.04 Å². The highest BCUT2D eigenvalue weighted by molar-refractivity contribution is 5.38. The molecule has 0 aliphatic heterocycles. The lowest BCUT2D eigenvalue weighted by atomic mass is 9.94. The van der Waals surface area contributed by atoms with Gasteiger partial charge in [-0.2, -0.15) is 0 Å². The SMILES string of the molecule is Cc1cc(C)c(C(CN)N(CC2CC2)C2CC2)cc1C. The highest BCUT2D eigenvalue weighted by Gasteiger charge is 2.37. The van der Waals surface area contributed by atoms with Gasteiger partial charge in [-0.05, 0) is 74.6 Å². The van der Waals surface area contributed by atoms with Crippen molar-refractivity contribution >= 4 is 0 Å². The molecule has 0 amide bonds. The molecule has 0 aromatic heterocycles. The third kappa shape index (κ3) is 2.91. The largest absolute Gasteiger partial charge is 0.329 e. The van der Waals surface area contributed by atoms with Gasteiger partial charge in [0.1, 0.15) is 0 Å². The second-order valence-electron chi connectivity index (χ2n) is 6.92. The molecule has 2 saturated carbocycles.